The van der Waals surface area contributed by atoms with Crippen LogP contribution in [0.25, 0.3) is 0 Å². The lowest BCUT2D eigenvalue weighted by molar-refractivity contribution is -0.137. The Balaban J connectivity index is 2.38. The van der Waals surface area contributed by atoms with Gasteiger partial charge in [0.05, 0.1) is 6.61 Å². The molecule has 3 nitrogen and oxygen atoms in total. The Kier molecular flexibility index (Phi) is 6.36. The first-order chi connectivity index (χ1) is 8.63. The molecule has 0 amide bonds. The average molecular weight is 311 g/mol. The Morgan fingerprint density at radius 1 is 1.28 bits per heavy atom. The van der Waals surface area contributed by atoms with Crippen molar-refractivity contribution in [3.8, 4) is 0 Å². The van der Waals surface area contributed by atoms with Crippen LogP contribution in [0, 0.1) is 0 Å². The molecular weight excluding hydrogens is 296 g/mol. The fourth-order valence-corrected chi connectivity index (χ4v) is 1.63. The third-order valence-corrected chi connectivity index (χ3v) is 2.77. The lowest BCUT2D eigenvalue weighted by Crippen LogP contribution is -2.00. The van der Waals surface area contributed by atoms with Crippen LogP contribution in [0.4, 0.5) is 0 Å². The number of ketones is 1. The van der Waals surface area contributed by atoms with Crippen molar-refractivity contribution in [3.05, 3.63) is 46.5 Å². The van der Waals surface area contributed by atoms with E-state index < -0.39 is 0 Å². The number of esters is 1. The van der Waals surface area contributed by atoms with E-state index in [0.717, 1.165) is 4.47 Å². The summed E-state index contributed by atoms with van der Waals surface area (Å²) in [6.45, 7) is 2.11. The summed E-state index contributed by atoms with van der Waals surface area (Å²) in [5.41, 5.74) is 0.683. The number of halogens is 1. The summed E-state index contributed by atoms with van der Waals surface area (Å²) in [6.07, 6.45) is 3.94. The Bertz CT molecular complexity index is 435. The molecule has 0 aliphatic rings. The fourth-order valence-electron chi connectivity index (χ4n) is 1.36. The van der Waals surface area contributed by atoms with Gasteiger partial charge in [0.15, 0.2) is 5.78 Å². The third kappa shape index (κ3) is 5.27. The SMILES string of the molecule is CCOC(=O)/C=C/CCC(=O)c1ccc(Br)cc1. The van der Waals surface area contributed by atoms with E-state index in [1.54, 1.807) is 25.1 Å². The van der Waals surface area contributed by atoms with E-state index >= 15 is 0 Å². The van der Waals surface area contributed by atoms with E-state index in [1.807, 2.05) is 12.1 Å². The van der Waals surface area contributed by atoms with Gasteiger partial charge in [-0.25, -0.2) is 4.79 Å². The molecule has 0 saturated heterocycles. The minimum Gasteiger partial charge on any atom is -0.463 e. The van der Waals surface area contributed by atoms with Gasteiger partial charge in [-0.2, -0.15) is 0 Å². The maximum absolute atomic E-state index is 11.8. The molecule has 0 unspecified atom stereocenters. The van der Waals surface area contributed by atoms with Gasteiger partial charge in [0.1, 0.15) is 0 Å². The van der Waals surface area contributed by atoms with Gasteiger partial charge >= 0.3 is 5.97 Å². The molecule has 0 aliphatic carbocycles. The van der Waals surface area contributed by atoms with Gasteiger partial charge in [0, 0.05) is 22.5 Å². The van der Waals surface area contributed by atoms with E-state index in [9.17, 15) is 9.59 Å². The third-order valence-electron chi connectivity index (χ3n) is 2.24. The number of hydrogen-bond acceptors (Lipinski definition) is 3. The number of allylic oxidation sites excluding steroid dienone is 1. The van der Waals surface area contributed by atoms with Crippen LogP contribution in [0.5, 0.6) is 0 Å². The molecule has 18 heavy (non-hydrogen) atoms. The summed E-state index contributed by atoms with van der Waals surface area (Å²) in [4.78, 5) is 22.8. The quantitative estimate of drug-likeness (QED) is 0.458. The van der Waals surface area contributed by atoms with E-state index in [0.29, 0.717) is 25.0 Å². The van der Waals surface area contributed by atoms with Crippen molar-refractivity contribution in [2.24, 2.45) is 0 Å². The molecule has 4 heteroatoms. The lowest BCUT2D eigenvalue weighted by atomic mass is 10.1. The van der Waals surface area contributed by atoms with Crippen LogP contribution in [0.3, 0.4) is 0 Å². The predicted molar refractivity (Wildman–Crippen MR) is 73.5 cm³/mol. The Hall–Kier alpha value is -1.42. The molecule has 0 spiro atoms. The van der Waals surface area contributed by atoms with Crippen LogP contribution >= 0.6 is 15.9 Å². The van der Waals surface area contributed by atoms with Crippen LogP contribution in [0.2, 0.25) is 0 Å². The fraction of sp³-hybridized carbons (Fsp3) is 0.286. The second-order valence-electron chi connectivity index (χ2n) is 3.62. The van der Waals surface area contributed by atoms with Gasteiger partial charge in [0.2, 0.25) is 0 Å². The van der Waals surface area contributed by atoms with E-state index in [-0.39, 0.29) is 11.8 Å². The van der Waals surface area contributed by atoms with Gasteiger partial charge in [-0.1, -0.05) is 34.1 Å². The standard InChI is InChI=1S/C14H15BrO3/c1-2-18-14(17)6-4-3-5-13(16)11-7-9-12(15)10-8-11/h4,6-10H,2-3,5H2,1H3/b6-4+. The van der Waals surface area contributed by atoms with Crippen LogP contribution in [-0.4, -0.2) is 18.4 Å². The first-order valence-electron chi connectivity index (χ1n) is 5.75. The van der Waals surface area contributed by atoms with Crippen molar-refractivity contribution in [2.45, 2.75) is 19.8 Å². The molecule has 1 rings (SSSR count). The topological polar surface area (TPSA) is 43.4 Å². The molecule has 0 heterocycles. The molecule has 1 aromatic carbocycles. The zero-order chi connectivity index (χ0) is 13.4. The van der Waals surface area contributed by atoms with Crippen molar-refractivity contribution in [3.63, 3.8) is 0 Å². The molecule has 0 aromatic heterocycles. The molecule has 0 radical (unpaired) electrons. The van der Waals surface area contributed by atoms with Crippen LogP contribution < -0.4 is 0 Å². The summed E-state index contributed by atoms with van der Waals surface area (Å²) in [5, 5.41) is 0. The number of ether oxygens (including phenoxy) is 1. The van der Waals surface area contributed by atoms with Crippen molar-refractivity contribution >= 4 is 27.7 Å². The maximum atomic E-state index is 11.8. The average Bonchev–Trinajstić information content (AvgIpc) is 2.35. The van der Waals surface area contributed by atoms with Crippen LogP contribution in [0.15, 0.2) is 40.9 Å². The minimum absolute atomic E-state index is 0.0657. The van der Waals surface area contributed by atoms with Gasteiger partial charge < -0.3 is 4.74 Å². The Morgan fingerprint density at radius 2 is 1.94 bits per heavy atom. The number of carbonyl (C=O) groups is 2. The number of carbonyl (C=O) groups excluding carboxylic acids is 2. The largest absolute Gasteiger partial charge is 0.463 e. The highest BCUT2D eigenvalue weighted by atomic mass is 79.9. The van der Waals surface area contributed by atoms with Gasteiger partial charge in [0.25, 0.3) is 0 Å². The summed E-state index contributed by atoms with van der Waals surface area (Å²) in [5.74, 6) is -0.301. The van der Waals surface area contributed by atoms with Crippen molar-refractivity contribution in [1.29, 1.82) is 0 Å². The van der Waals surface area contributed by atoms with Gasteiger partial charge in [-0.3, -0.25) is 4.79 Å². The lowest BCUT2D eigenvalue weighted by Gasteiger charge is -1.99. The second kappa shape index (κ2) is 7.82. The van der Waals surface area contributed by atoms with Crippen LogP contribution in [-0.2, 0) is 9.53 Å². The number of hydrogen-bond donors (Lipinski definition) is 0. The predicted octanol–water partition coefficient (Wildman–Crippen LogP) is 3.53. The highest BCUT2D eigenvalue weighted by molar-refractivity contribution is 9.10. The zero-order valence-electron chi connectivity index (χ0n) is 10.2. The molecule has 0 saturated carbocycles. The molecular formula is C14H15BrO3. The molecule has 0 bridgehead atoms. The van der Waals surface area contributed by atoms with Crippen molar-refractivity contribution in [2.75, 3.05) is 6.61 Å². The first-order valence-corrected chi connectivity index (χ1v) is 6.55. The molecule has 0 atom stereocenters. The summed E-state index contributed by atoms with van der Waals surface area (Å²) >= 11 is 3.32. The zero-order valence-corrected chi connectivity index (χ0v) is 11.8. The monoisotopic (exact) mass is 310 g/mol. The second-order valence-corrected chi connectivity index (χ2v) is 4.54. The first kappa shape index (κ1) is 14.6. The molecule has 96 valence electrons. The van der Waals surface area contributed by atoms with E-state index in [4.69, 9.17) is 4.74 Å². The highest BCUT2D eigenvalue weighted by Gasteiger charge is 2.04. The summed E-state index contributed by atoms with van der Waals surface area (Å²) in [6, 6.07) is 7.23. The van der Waals surface area contributed by atoms with Crippen LogP contribution in [0.1, 0.15) is 30.1 Å². The van der Waals surface area contributed by atoms with Crippen molar-refractivity contribution in [1.82, 2.24) is 0 Å². The normalized spacial score (nSPS) is 10.6. The van der Waals surface area contributed by atoms with Gasteiger partial charge in [-0.15, -0.1) is 0 Å². The van der Waals surface area contributed by atoms with Gasteiger partial charge in [-0.05, 0) is 25.5 Å². The molecule has 0 aliphatic heterocycles. The minimum atomic E-state index is -0.367. The maximum Gasteiger partial charge on any atom is 0.330 e. The smallest absolute Gasteiger partial charge is 0.330 e. The number of Topliss-reactive ketones (excluding diaryl/α,β-unsaturated/α-hetero) is 1. The van der Waals surface area contributed by atoms with E-state index in [1.165, 1.54) is 6.08 Å². The Labute approximate surface area is 115 Å². The van der Waals surface area contributed by atoms with Crippen molar-refractivity contribution < 1.29 is 14.3 Å². The van der Waals surface area contributed by atoms with E-state index in [2.05, 4.69) is 15.9 Å². The summed E-state index contributed by atoms with van der Waals surface area (Å²) in [7, 11) is 0. The highest BCUT2D eigenvalue weighted by Crippen LogP contribution is 2.12. The number of rotatable bonds is 6. The Morgan fingerprint density at radius 3 is 2.56 bits per heavy atom. The molecule has 0 fully saturated rings. The number of benzene rings is 1. The molecule has 0 N–H and O–H groups in total. The molecule has 1 aromatic rings. The summed E-state index contributed by atoms with van der Waals surface area (Å²) < 4.78 is 5.68.